The molecule has 1 aliphatic carbocycles. The highest BCUT2D eigenvalue weighted by Crippen LogP contribution is 2.32. The first-order chi connectivity index (χ1) is 18.2. The average molecular weight is 527 g/mol. The van der Waals surface area contributed by atoms with Gasteiger partial charge in [0.2, 0.25) is 0 Å². The SMILES string of the molecule is CCOC(=N)N(Cc1cc(C)cc(C(F)(F)F)c1)Cc1cc2ccccc2nc1N(CC)CC1CCCC1. The Kier molecular flexibility index (Phi) is 8.80. The van der Waals surface area contributed by atoms with E-state index >= 15 is 0 Å². The van der Waals surface area contributed by atoms with E-state index in [-0.39, 0.29) is 12.6 Å². The first kappa shape index (κ1) is 27.7. The molecule has 1 heterocycles. The summed E-state index contributed by atoms with van der Waals surface area (Å²) in [5.41, 5.74) is 2.15. The molecule has 0 radical (unpaired) electrons. The van der Waals surface area contributed by atoms with Crippen molar-refractivity contribution in [1.82, 2.24) is 9.88 Å². The molecule has 204 valence electrons. The fourth-order valence-corrected chi connectivity index (χ4v) is 5.38. The monoisotopic (exact) mass is 526 g/mol. The van der Waals surface area contributed by atoms with E-state index in [1.54, 1.807) is 24.8 Å². The lowest BCUT2D eigenvalue weighted by Crippen LogP contribution is -2.34. The summed E-state index contributed by atoms with van der Waals surface area (Å²) in [6.45, 7) is 8.00. The number of nitrogens with one attached hydrogen (secondary N) is 1. The Morgan fingerprint density at radius 3 is 2.47 bits per heavy atom. The molecule has 5 nitrogen and oxygen atoms in total. The summed E-state index contributed by atoms with van der Waals surface area (Å²) < 4.78 is 46.1. The highest BCUT2D eigenvalue weighted by atomic mass is 19.4. The molecule has 1 saturated carbocycles. The molecule has 0 amide bonds. The van der Waals surface area contributed by atoms with Crippen LogP contribution in [-0.2, 0) is 24.0 Å². The zero-order chi connectivity index (χ0) is 27.3. The van der Waals surface area contributed by atoms with E-state index in [1.807, 2.05) is 24.3 Å². The Morgan fingerprint density at radius 2 is 1.79 bits per heavy atom. The number of amidine groups is 1. The van der Waals surface area contributed by atoms with Gasteiger partial charge in [0.1, 0.15) is 5.82 Å². The van der Waals surface area contributed by atoms with E-state index in [0.29, 0.717) is 30.2 Å². The first-order valence-corrected chi connectivity index (χ1v) is 13.5. The minimum atomic E-state index is -4.43. The lowest BCUT2D eigenvalue weighted by atomic mass is 10.0. The number of anilines is 1. The molecule has 3 aromatic rings. The fourth-order valence-electron chi connectivity index (χ4n) is 5.38. The molecular formula is C30H37F3N4O. The van der Waals surface area contributed by atoms with Gasteiger partial charge in [-0.1, -0.05) is 42.7 Å². The smallest absolute Gasteiger partial charge is 0.416 e. The van der Waals surface area contributed by atoms with E-state index in [4.69, 9.17) is 15.1 Å². The van der Waals surface area contributed by atoms with E-state index in [9.17, 15) is 13.2 Å². The number of pyridine rings is 1. The van der Waals surface area contributed by atoms with Gasteiger partial charge in [0.25, 0.3) is 6.02 Å². The molecule has 4 rings (SSSR count). The molecular weight excluding hydrogens is 489 g/mol. The van der Waals surface area contributed by atoms with Crippen LogP contribution < -0.4 is 4.90 Å². The van der Waals surface area contributed by atoms with Gasteiger partial charge in [-0.2, -0.15) is 13.2 Å². The number of benzene rings is 2. The van der Waals surface area contributed by atoms with Gasteiger partial charge >= 0.3 is 6.18 Å². The third-order valence-corrected chi connectivity index (χ3v) is 7.18. The number of aryl methyl sites for hydroxylation is 1. The zero-order valence-electron chi connectivity index (χ0n) is 22.4. The van der Waals surface area contributed by atoms with Crippen molar-refractivity contribution in [3.8, 4) is 0 Å². The van der Waals surface area contributed by atoms with Crippen LogP contribution in [0.25, 0.3) is 10.9 Å². The second kappa shape index (κ2) is 12.0. The molecule has 0 unspecified atom stereocenters. The van der Waals surface area contributed by atoms with Crippen LogP contribution in [0.2, 0.25) is 0 Å². The van der Waals surface area contributed by atoms with Crippen LogP contribution in [0.1, 0.15) is 61.8 Å². The minimum absolute atomic E-state index is 0.0690. The fraction of sp³-hybridized carbons (Fsp3) is 0.467. The molecule has 38 heavy (non-hydrogen) atoms. The Hall–Kier alpha value is -3.29. The summed E-state index contributed by atoms with van der Waals surface area (Å²) in [6.07, 6.45) is 0.521. The number of hydrogen-bond donors (Lipinski definition) is 1. The maximum absolute atomic E-state index is 13.5. The Balaban J connectivity index is 1.72. The summed E-state index contributed by atoms with van der Waals surface area (Å²) in [5, 5.41) is 9.58. The molecule has 0 spiro atoms. The molecule has 1 aromatic heterocycles. The van der Waals surface area contributed by atoms with Gasteiger partial charge in [-0.25, -0.2) is 4.98 Å². The lowest BCUT2D eigenvalue weighted by molar-refractivity contribution is -0.137. The minimum Gasteiger partial charge on any atom is -0.466 e. The van der Waals surface area contributed by atoms with Gasteiger partial charge in [0, 0.05) is 30.6 Å². The molecule has 1 N–H and O–H groups in total. The summed E-state index contributed by atoms with van der Waals surface area (Å²) >= 11 is 0. The van der Waals surface area contributed by atoms with Crippen LogP contribution in [0.3, 0.4) is 0 Å². The van der Waals surface area contributed by atoms with Gasteiger partial charge in [0.15, 0.2) is 0 Å². The number of alkyl halides is 3. The number of para-hydroxylation sites is 1. The van der Waals surface area contributed by atoms with Crippen molar-refractivity contribution in [1.29, 1.82) is 5.41 Å². The normalized spacial score (nSPS) is 14.2. The van der Waals surface area contributed by atoms with Crippen molar-refractivity contribution >= 4 is 22.7 Å². The van der Waals surface area contributed by atoms with Crippen LogP contribution in [0.15, 0.2) is 48.5 Å². The maximum Gasteiger partial charge on any atom is 0.416 e. The van der Waals surface area contributed by atoms with Crippen LogP contribution >= 0.6 is 0 Å². The van der Waals surface area contributed by atoms with Gasteiger partial charge in [-0.05, 0) is 69.4 Å². The number of rotatable bonds is 9. The topological polar surface area (TPSA) is 52.5 Å². The number of ether oxygens (including phenoxy) is 1. The number of nitrogens with zero attached hydrogens (tertiary/aromatic N) is 3. The van der Waals surface area contributed by atoms with Gasteiger partial charge in [-0.3, -0.25) is 5.41 Å². The van der Waals surface area contributed by atoms with Crippen molar-refractivity contribution in [2.24, 2.45) is 5.92 Å². The number of hydrogen-bond acceptors (Lipinski definition) is 4. The second-order valence-corrected chi connectivity index (χ2v) is 10.2. The maximum atomic E-state index is 13.5. The molecule has 0 bridgehead atoms. The van der Waals surface area contributed by atoms with Crippen LogP contribution in [0.5, 0.6) is 0 Å². The van der Waals surface area contributed by atoms with Gasteiger partial charge in [0.05, 0.1) is 24.2 Å². The Morgan fingerprint density at radius 1 is 1.05 bits per heavy atom. The van der Waals surface area contributed by atoms with E-state index in [1.165, 1.54) is 25.7 Å². The average Bonchev–Trinajstić information content (AvgIpc) is 3.39. The van der Waals surface area contributed by atoms with Crippen molar-refractivity contribution < 1.29 is 17.9 Å². The zero-order valence-corrected chi connectivity index (χ0v) is 22.4. The second-order valence-electron chi connectivity index (χ2n) is 10.2. The summed E-state index contributed by atoms with van der Waals surface area (Å²) in [6, 6.07) is 14.0. The molecule has 0 aliphatic heterocycles. The summed E-state index contributed by atoms with van der Waals surface area (Å²) in [4.78, 5) is 9.06. The largest absolute Gasteiger partial charge is 0.466 e. The number of halogens is 3. The summed E-state index contributed by atoms with van der Waals surface area (Å²) in [7, 11) is 0. The van der Waals surface area contributed by atoms with Crippen molar-refractivity contribution in [2.75, 3.05) is 24.6 Å². The number of aromatic nitrogens is 1. The number of fused-ring (bicyclic) bond motifs is 1. The van der Waals surface area contributed by atoms with Crippen LogP contribution in [0.4, 0.5) is 19.0 Å². The van der Waals surface area contributed by atoms with E-state index in [0.717, 1.165) is 47.5 Å². The predicted octanol–water partition coefficient (Wildman–Crippen LogP) is 7.55. The third-order valence-electron chi connectivity index (χ3n) is 7.18. The van der Waals surface area contributed by atoms with E-state index in [2.05, 4.69) is 17.9 Å². The van der Waals surface area contributed by atoms with Crippen LogP contribution in [-0.4, -0.2) is 35.6 Å². The van der Waals surface area contributed by atoms with E-state index < -0.39 is 11.7 Å². The quantitative estimate of drug-likeness (QED) is 0.231. The van der Waals surface area contributed by atoms with Crippen molar-refractivity contribution in [3.05, 3.63) is 70.8 Å². The first-order valence-electron chi connectivity index (χ1n) is 13.5. The van der Waals surface area contributed by atoms with Crippen molar-refractivity contribution in [3.63, 3.8) is 0 Å². The molecule has 1 aliphatic rings. The highest BCUT2D eigenvalue weighted by molar-refractivity contribution is 5.82. The lowest BCUT2D eigenvalue weighted by Gasteiger charge is -2.30. The third kappa shape index (κ3) is 6.77. The highest BCUT2D eigenvalue weighted by Gasteiger charge is 2.31. The van der Waals surface area contributed by atoms with Gasteiger partial charge in [-0.15, -0.1) is 0 Å². The molecule has 8 heteroatoms. The summed E-state index contributed by atoms with van der Waals surface area (Å²) in [5.74, 6) is 1.50. The Bertz CT molecular complexity index is 1250. The standard InChI is InChI=1S/C30H37F3N4O/c1-4-36(18-22-10-6-7-11-22)28-25(17-24-12-8-9-13-27(24)35-28)20-37(29(34)38-5-2)19-23-14-21(3)15-26(16-23)30(31,32)33/h8-9,12-17,22,34H,4-7,10-11,18-20H2,1-3H3. The molecule has 0 saturated heterocycles. The Labute approximate surface area is 223 Å². The van der Waals surface area contributed by atoms with Crippen molar-refractivity contribution in [2.45, 2.75) is 65.7 Å². The molecule has 0 atom stereocenters. The van der Waals surface area contributed by atoms with Crippen LogP contribution in [0, 0.1) is 18.3 Å². The van der Waals surface area contributed by atoms with Gasteiger partial charge < -0.3 is 14.5 Å². The molecule has 2 aromatic carbocycles. The molecule has 1 fully saturated rings. The predicted molar refractivity (Wildman–Crippen MR) is 146 cm³/mol.